The molecule has 1 aliphatic heterocycles. The van der Waals surface area contributed by atoms with Crippen molar-refractivity contribution in [3.63, 3.8) is 0 Å². The van der Waals surface area contributed by atoms with Crippen molar-refractivity contribution in [3.8, 4) is 6.07 Å². The van der Waals surface area contributed by atoms with E-state index < -0.39 is 0 Å². The fourth-order valence-electron chi connectivity index (χ4n) is 2.58. The fourth-order valence-corrected chi connectivity index (χ4v) is 3.51. The molecular weight excluding hydrogens is 322 g/mol. The lowest BCUT2D eigenvalue weighted by molar-refractivity contribution is -0.128. The summed E-state index contributed by atoms with van der Waals surface area (Å²) in [5, 5.41) is 8.84. The van der Waals surface area contributed by atoms with Gasteiger partial charge in [-0.15, -0.1) is 11.8 Å². The summed E-state index contributed by atoms with van der Waals surface area (Å²) in [5.74, 6) is 0.520. The van der Waals surface area contributed by atoms with E-state index in [1.807, 2.05) is 23.1 Å². The normalized spacial score (nSPS) is 15.0. The average molecular weight is 347 g/mol. The van der Waals surface area contributed by atoms with E-state index >= 15 is 0 Å². The van der Waals surface area contributed by atoms with Crippen LogP contribution in [0.15, 0.2) is 29.2 Å². The Balaban J connectivity index is 1.84. The summed E-state index contributed by atoms with van der Waals surface area (Å²) >= 11 is 1.57. The second-order valence-corrected chi connectivity index (χ2v) is 6.81. The number of thioether (sulfide) groups is 1. The number of amides is 1. The first-order valence-corrected chi connectivity index (χ1v) is 9.32. The number of benzene rings is 1. The van der Waals surface area contributed by atoms with Crippen LogP contribution in [0.4, 0.5) is 0 Å². The van der Waals surface area contributed by atoms with Gasteiger partial charge in [0.2, 0.25) is 5.91 Å². The van der Waals surface area contributed by atoms with Crippen LogP contribution in [0.1, 0.15) is 12.0 Å². The van der Waals surface area contributed by atoms with E-state index in [9.17, 15) is 4.79 Å². The molecule has 0 spiro atoms. The van der Waals surface area contributed by atoms with Gasteiger partial charge in [0.15, 0.2) is 0 Å². The second-order valence-electron chi connectivity index (χ2n) is 5.80. The third kappa shape index (κ3) is 6.16. The molecule has 1 amide bonds. The number of nitriles is 1. The third-order valence-corrected chi connectivity index (χ3v) is 5.24. The molecule has 6 heteroatoms. The molecule has 0 aliphatic carbocycles. The van der Waals surface area contributed by atoms with Crippen LogP contribution in [-0.4, -0.2) is 67.4 Å². The molecule has 0 unspecified atom stereocenters. The van der Waals surface area contributed by atoms with Crippen LogP contribution < -0.4 is 0 Å². The number of aryl methyl sites for hydroxylation is 1. The first-order valence-electron chi connectivity index (χ1n) is 8.34. The highest BCUT2D eigenvalue weighted by Crippen LogP contribution is 2.22. The molecule has 0 atom stereocenters. The van der Waals surface area contributed by atoms with Crippen molar-refractivity contribution in [2.45, 2.75) is 18.2 Å². The number of nitrogens with zero attached hydrogens (tertiary/aromatic N) is 3. The number of hydrogen-bond donors (Lipinski definition) is 0. The van der Waals surface area contributed by atoms with E-state index in [2.05, 4.69) is 24.0 Å². The number of hydrogen-bond acceptors (Lipinski definition) is 5. The third-order valence-electron chi connectivity index (χ3n) is 4.08. The molecule has 2 rings (SSSR count). The van der Waals surface area contributed by atoms with Crippen LogP contribution in [0.2, 0.25) is 0 Å². The Kier molecular flexibility index (Phi) is 8.10. The van der Waals surface area contributed by atoms with Gasteiger partial charge in [-0.1, -0.05) is 18.2 Å². The highest BCUT2D eigenvalue weighted by atomic mass is 32.2. The highest BCUT2D eigenvalue weighted by molar-refractivity contribution is 8.00. The van der Waals surface area contributed by atoms with Crippen LogP contribution in [-0.2, 0) is 9.53 Å². The van der Waals surface area contributed by atoms with Crippen LogP contribution in [0.25, 0.3) is 0 Å². The van der Waals surface area contributed by atoms with Gasteiger partial charge >= 0.3 is 0 Å². The molecule has 0 bridgehead atoms. The Morgan fingerprint density at radius 3 is 2.79 bits per heavy atom. The maximum atomic E-state index is 12.6. The van der Waals surface area contributed by atoms with E-state index in [0.717, 1.165) is 37.7 Å². The molecule has 0 radical (unpaired) electrons. The van der Waals surface area contributed by atoms with Crippen LogP contribution >= 0.6 is 11.8 Å². The predicted molar refractivity (Wildman–Crippen MR) is 96.0 cm³/mol. The standard InChI is InChI=1S/C18H25N3O2S/c1-16-5-2-3-6-17(16)24-15-18(22)21(8-4-7-19)10-9-20-11-13-23-14-12-20/h2-3,5-6H,4,8-15H2,1H3. The van der Waals surface area contributed by atoms with Crippen LogP contribution in [0.5, 0.6) is 0 Å². The lowest BCUT2D eigenvalue weighted by Gasteiger charge is -2.29. The van der Waals surface area contributed by atoms with Gasteiger partial charge < -0.3 is 9.64 Å². The molecule has 5 nitrogen and oxygen atoms in total. The van der Waals surface area contributed by atoms with Crippen molar-refractivity contribution in [1.82, 2.24) is 9.80 Å². The summed E-state index contributed by atoms with van der Waals surface area (Å²) in [6.45, 7) is 7.43. The van der Waals surface area contributed by atoms with Crippen molar-refractivity contribution in [2.75, 3.05) is 51.7 Å². The number of carbonyl (C=O) groups is 1. The Hall–Kier alpha value is -1.55. The molecule has 1 fully saturated rings. The molecule has 1 heterocycles. The molecule has 1 saturated heterocycles. The van der Waals surface area contributed by atoms with Gasteiger partial charge in [-0.2, -0.15) is 5.26 Å². The molecule has 1 aliphatic rings. The largest absolute Gasteiger partial charge is 0.379 e. The molecule has 0 N–H and O–H groups in total. The predicted octanol–water partition coefficient (Wildman–Crippen LogP) is 2.16. The summed E-state index contributed by atoms with van der Waals surface area (Å²) in [4.78, 5) is 17.8. The molecule has 1 aromatic rings. The van der Waals surface area contributed by atoms with Gasteiger partial charge in [0, 0.05) is 37.6 Å². The van der Waals surface area contributed by atoms with Gasteiger partial charge in [-0.05, 0) is 18.6 Å². The van der Waals surface area contributed by atoms with Crippen molar-refractivity contribution in [1.29, 1.82) is 5.26 Å². The van der Waals surface area contributed by atoms with Gasteiger partial charge in [0.25, 0.3) is 0 Å². The fraction of sp³-hybridized carbons (Fsp3) is 0.556. The lowest BCUT2D eigenvalue weighted by Crippen LogP contribution is -2.43. The van der Waals surface area contributed by atoms with Crippen molar-refractivity contribution in [3.05, 3.63) is 29.8 Å². The van der Waals surface area contributed by atoms with Crippen molar-refractivity contribution < 1.29 is 9.53 Å². The SMILES string of the molecule is Cc1ccccc1SCC(=O)N(CCC#N)CCN1CCOCC1. The molecule has 0 aromatic heterocycles. The van der Waals surface area contributed by atoms with E-state index in [1.165, 1.54) is 5.56 Å². The zero-order valence-corrected chi connectivity index (χ0v) is 15.1. The van der Waals surface area contributed by atoms with E-state index in [1.54, 1.807) is 11.8 Å². The minimum absolute atomic E-state index is 0.103. The number of rotatable bonds is 8. The first-order chi connectivity index (χ1) is 11.7. The Labute approximate surface area is 148 Å². The number of carbonyl (C=O) groups excluding carboxylic acids is 1. The van der Waals surface area contributed by atoms with Gasteiger partial charge in [-0.25, -0.2) is 0 Å². The highest BCUT2D eigenvalue weighted by Gasteiger charge is 2.17. The maximum Gasteiger partial charge on any atom is 0.233 e. The van der Waals surface area contributed by atoms with Crippen LogP contribution in [0.3, 0.4) is 0 Å². The smallest absolute Gasteiger partial charge is 0.233 e. The minimum atomic E-state index is 0.103. The summed E-state index contributed by atoms with van der Waals surface area (Å²) in [5.41, 5.74) is 1.19. The second kappa shape index (κ2) is 10.3. The number of morpholine rings is 1. The van der Waals surface area contributed by atoms with Crippen LogP contribution in [0, 0.1) is 18.3 Å². The molecule has 130 valence electrons. The molecule has 0 saturated carbocycles. The molecule has 1 aromatic carbocycles. The summed E-state index contributed by atoms with van der Waals surface area (Å²) in [6, 6.07) is 10.2. The summed E-state index contributed by atoms with van der Waals surface area (Å²) in [7, 11) is 0. The Morgan fingerprint density at radius 1 is 1.33 bits per heavy atom. The number of ether oxygens (including phenoxy) is 1. The monoisotopic (exact) mass is 347 g/mol. The van der Waals surface area contributed by atoms with E-state index in [4.69, 9.17) is 10.00 Å². The zero-order valence-electron chi connectivity index (χ0n) is 14.2. The van der Waals surface area contributed by atoms with Crippen molar-refractivity contribution in [2.24, 2.45) is 0 Å². The van der Waals surface area contributed by atoms with Gasteiger partial charge in [-0.3, -0.25) is 9.69 Å². The first kappa shape index (κ1) is 18.8. The van der Waals surface area contributed by atoms with Gasteiger partial charge in [0.1, 0.15) is 0 Å². The van der Waals surface area contributed by atoms with E-state index in [-0.39, 0.29) is 5.91 Å². The minimum Gasteiger partial charge on any atom is -0.379 e. The van der Waals surface area contributed by atoms with Crippen molar-refractivity contribution >= 4 is 17.7 Å². The quantitative estimate of drug-likeness (QED) is 0.675. The Morgan fingerprint density at radius 2 is 2.08 bits per heavy atom. The Bertz CT molecular complexity index is 568. The van der Waals surface area contributed by atoms with Gasteiger partial charge in [0.05, 0.1) is 31.5 Å². The lowest BCUT2D eigenvalue weighted by atomic mass is 10.2. The summed E-state index contributed by atoms with van der Waals surface area (Å²) in [6.07, 6.45) is 0.379. The van der Waals surface area contributed by atoms with E-state index in [0.29, 0.717) is 25.3 Å². The summed E-state index contributed by atoms with van der Waals surface area (Å²) < 4.78 is 5.35. The average Bonchev–Trinajstić information content (AvgIpc) is 2.62. The molecular formula is C18H25N3O2S. The topological polar surface area (TPSA) is 56.6 Å². The molecule has 24 heavy (non-hydrogen) atoms. The maximum absolute atomic E-state index is 12.6. The zero-order chi connectivity index (χ0) is 17.2.